The molecule has 0 radical (unpaired) electrons. The highest BCUT2D eigenvalue weighted by Crippen LogP contribution is 2.41. The van der Waals surface area contributed by atoms with Crippen LogP contribution in [0.15, 0.2) is 102 Å². The molecule has 0 aliphatic carbocycles. The van der Waals surface area contributed by atoms with Crippen LogP contribution in [0, 0.1) is 0 Å². The third kappa shape index (κ3) is 10.6. The summed E-state index contributed by atoms with van der Waals surface area (Å²) in [5.74, 6) is 1.11. The van der Waals surface area contributed by atoms with Crippen molar-refractivity contribution in [3.8, 4) is 16.9 Å². The Morgan fingerprint density at radius 3 is 2.31 bits per heavy atom. The Morgan fingerprint density at radius 1 is 0.816 bits per heavy atom. The number of benzene rings is 4. The van der Waals surface area contributed by atoms with Crippen LogP contribution in [-0.4, -0.2) is 41.1 Å². The van der Waals surface area contributed by atoms with Gasteiger partial charge in [-0.15, -0.1) is 11.8 Å². The number of thioether (sulfide) groups is 1. The van der Waals surface area contributed by atoms with E-state index in [2.05, 4.69) is 29.6 Å². The van der Waals surface area contributed by atoms with Gasteiger partial charge >= 0.3 is 0 Å². The van der Waals surface area contributed by atoms with Crippen LogP contribution in [0.25, 0.3) is 11.1 Å². The van der Waals surface area contributed by atoms with Crippen LogP contribution in [0.3, 0.4) is 0 Å². The van der Waals surface area contributed by atoms with Crippen molar-refractivity contribution in [3.05, 3.63) is 119 Å². The van der Waals surface area contributed by atoms with Crippen LogP contribution in [-0.2, 0) is 32.2 Å². The molecule has 1 saturated heterocycles. The van der Waals surface area contributed by atoms with Crippen molar-refractivity contribution >= 4 is 23.6 Å². The van der Waals surface area contributed by atoms with Crippen LogP contribution in [0.5, 0.6) is 5.75 Å². The van der Waals surface area contributed by atoms with Crippen molar-refractivity contribution in [2.45, 2.75) is 75.1 Å². The van der Waals surface area contributed by atoms with Crippen LogP contribution in [0.2, 0.25) is 0 Å². The number of hydroxylamine groups is 1. The van der Waals surface area contributed by atoms with Gasteiger partial charge in [-0.1, -0.05) is 79.2 Å². The van der Waals surface area contributed by atoms with E-state index in [0.29, 0.717) is 32.2 Å². The van der Waals surface area contributed by atoms with Crippen molar-refractivity contribution in [1.29, 1.82) is 0 Å². The first-order valence-electron chi connectivity index (χ1n) is 16.6. The Balaban J connectivity index is 1.25. The van der Waals surface area contributed by atoms with E-state index >= 15 is 0 Å². The second-order valence-corrected chi connectivity index (χ2v) is 13.1. The van der Waals surface area contributed by atoms with Gasteiger partial charge < -0.3 is 24.6 Å². The molecule has 2 amide bonds. The van der Waals surface area contributed by atoms with E-state index in [1.807, 2.05) is 72.8 Å². The monoisotopic (exact) mass is 684 g/mol. The minimum Gasteiger partial charge on any atom is -0.496 e. The molecule has 0 saturated carbocycles. The van der Waals surface area contributed by atoms with Crippen molar-refractivity contribution in [2.75, 3.05) is 12.9 Å². The molecule has 9 nitrogen and oxygen atoms in total. The number of amides is 2. The van der Waals surface area contributed by atoms with Crippen molar-refractivity contribution in [2.24, 2.45) is 0 Å². The highest BCUT2D eigenvalue weighted by Gasteiger charge is 2.32. The summed E-state index contributed by atoms with van der Waals surface area (Å²) in [6.45, 7) is 0.404. The largest absolute Gasteiger partial charge is 0.496 e. The molecule has 1 fully saturated rings. The Morgan fingerprint density at radius 2 is 1.55 bits per heavy atom. The third-order valence-corrected chi connectivity index (χ3v) is 9.64. The Hall–Kier alpha value is -4.19. The number of carbonyl (C=O) groups excluding carboxylic acids is 2. The fourth-order valence-electron chi connectivity index (χ4n) is 5.76. The molecule has 0 bridgehead atoms. The smallest absolute Gasteiger partial charge is 0.243 e. The molecule has 3 unspecified atom stereocenters. The predicted octanol–water partition coefficient (Wildman–Crippen LogP) is 7.26. The Kier molecular flexibility index (Phi) is 13.7. The summed E-state index contributed by atoms with van der Waals surface area (Å²) in [6, 6.07) is 32.2. The van der Waals surface area contributed by atoms with Gasteiger partial charge in [0.1, 0.15) is 5.75 Å². The topological polar surface area (TPSA) is 126 Å². The van der Waals surface area contributed by atoms with Gasteiger partial charge in [0.25, 0.3) is 0 Å². The first-order chi connectivity index (χ1) is 23.9. The van der Waals surface area contributed by atoms with E-state index in [-0.39, 0.29) is 31.1 Å². The van der Waals surface area contributed by atoms with Gasteiger partial charge in [-0.25, -0.2) is 5.48 Å². The van der Waals surface area contributed by atoms with Gasteiger partial charge in [0.05, 0.1) is 25.9 Å². The molecular formula is C39H44N2O7S. The Bertz CT molecular complexity index is 1670. The number of hydrogen-bond acceptors (Lipinski definition) is 8. The van der Waals surface area contributed by atoms with Crippen LogP contribution in [0.1, 0.15) is 73.2 Å². The average Bonchev–Trinajstić information content (AvgIpc) is 3.16. The zero-order chi connectivity index (χ0) is 34.4. The third-order valence-electron chi connectivity index (χ3n) is 8.45. The number of ether oxygens (including phenoxy) is 3. The lowest BCUT2D eigenvalue weighted by Gasteiger charge is -2.36. The first kappa shape index (κ1) is 36.1. The molecule has 4 N–H and O–H groups in total. The molecule has 4 aromatic rings. The zero-order valence-corrected chi connectivity index (χ0v) is 28.5. The molecule has 4 aromatic carbocycles. The lowest BCUT2D eigenvalue weighted by atomic mass is 9.99. The fraction of sp³-hybridized carbons (Fsp3) is 0.333. The van der Waals surface area contributed by atoms with E-state index in [0.717, 1.165) is 56.2 Å². The van der Waals surface area contributed by atoms with Crippen molar-refractivity contribution in [3.63, 3.8) is 0 Å². The van der Waals surface area contributed by atoms with E-state index in [9.17, 15) is 14.7 Å². The van der Waals surface area contributed by atoms with Crippen LogP contribution < -0.4 is 15.5 Å². The van der Waals surface area contributed by atoms with Gasteiger partial charge in [-0.3, -0.25) is 14.8 Å². The minimum atomic E-state index is -0.583. The van der Waals surface area contributed by atoms with E-state index in [1.165, 1.54) is 0 Å². The summed E-state index contributed by atoms with van der Waals surface area (Å²) in [7, 11) is 1.68. The van der Waals surface area contributed by atoms with Gasteiger partial charge in [-0.05, 0) is 64.9 Å². The molecule has 49 heavy (non-hydrogen) atoms. The fourth-order valence-corrected chi connectivity index (χ4v) is 6.81. The minimum absolute atomic E-state index is 0.00880. The number of hydrogen-bond donors (Lipinski definition) is 4. The number of rotatable bonds is 16. The lowest BCUT2D eigenvalue weighted by molar-refractivity contribution is -0.245. The second-order valence-electron chi connectivity index (χ2n) is 12.0. The average molecular weight is 685 g/mol. The molecular weight excluding hydrogens is 641 g/mol. The maximum absolute atomic E-state index is 12.4. The number of nitrogens with one attached hydrogen (secondary N) is 2. The van der Waals surface area contributed by atoms with Crippen molar-refractivity contribution in [1.82, 2.24) is 10.8 Å². The molecule has 258 valence electrons. The summed E-state index contributed by atoms with van der Waals surface area (Å²) in [6.07, 6.45) is 2.49. The summed E-state index contributed by atoms with van der Waals surface area (Å²) >= 11 is 1.70. The number of aliphatic hydroxyl groups excluding tert-OH is 1. The van der Waals surface area contributed by atoms with Crippen LogP contribution >= 0.6 is 11.8 Å². The SMILES string of the molecule is COc1ccccc1SCC1CC(c2ccc(CO)cc2)OC(c2cccc(-c3cccc(CNC(=O)CCCCCC(=O)NO)c3)c2)O1. The van der Waals surface area contributed by atoms with E-state index < -0.39 is 12.2 Å². The summed E-state index contributed by atoms with van der Waals surface area (Å²) in [5.41, 5.74) is 7.45. The zero-order valence-electron chi connectivity index (χ0n) is 27.7. The summed E-state index contributed by atoms with van der Waals surface area (Å²) in [5, 5.41) is 21.1. The number of unbranched alkanes of at least 4 members (excludes halogenated alkanes) is 2. The molecule has 0 spiro atoms. The van der Waals surface area contributed by atoms with Gasteiger partial charge in [0.2, 0.25) is 11.8 Å². The summed E-state index contributed by atoms with van der Waals surface area (Å²) in [4.78, 5) is 24.6. The molecule has 3 atom stereocenters. The van der Waals surface area contributed by atoms with Crippen LogP contribution in [0.4, 0.5) is 0 Å². The van der Waals surface area contributed by atoms with Gasteiger partial charge in [-0.2, -0.15) is 0 Å². The van der Waals surface area contributed by atoms with Gasteiger partial charge in [0, 0.05) is 42.0 Å². The Labute approximate surface area is 292 Å². The highest BCUT2D eigenvalue weighted by atomic mass is 32.2. The predicted molar refractivity (Wildman–Crippen MR) is 189 cm³/mol. The van der Waals surface area contributed by atoms with E-state index in [1.54, 1.807) is 24.4 Å². The van der Waals surface area contributed by atoms with Gasteiger partial charge in [0.15, 0.2) is 6.29 Å². The molecule has 1 heterocycles. The lowest BCUT2D eigenvalue weighted by Crippen LogP contribution is -2.31. The number of carbonyl (C=O) groups is 2. The molecule has 0 aromatic heterocycles. The molecule has 10 heteroatoms. The highest BCUT2D eigenvalue weighted by molar-refractivity contribution is 7.99. The normalized spacial score (nSPS) is 17.3. The number of para-hydroxylation sites is 1. The van der Waals surface area contributed by atoms with E-state index in [4.69, 9.17) is 19.4 Å². The maximum atomic E-state index is 12.4. The first-order valence-corrected chi connectivity index (χ1v) is 17.6. The molecule has 5 rings (SSSR count). The summed E-state index contributed by atoms with van der Waals surface area (Å²) < 4.78 is 18.8. The quantitative estimate of drug-likeness (QED) is 0.0421. The number of aliphatic hydroxyl groups is 1. The maximum Gasteiger partial charge on any atom is 0.243 e. The number of methoxy groups -OCH3 is 1. The standard InChI is InChI=1S/C39H44N2O7S/c1-46-34-13-5-6-14-36(34)49-26-33-23-35(29-19-17-27(25-42)18-20-29)48-39(47-33)32-12-8-11-31(22-32)30-10-7-9-28(21-30)24-40-37(43)15-3-2-4-16-38(44)41-45/h5-14,17-22,33,35,39,42,45H,2-4,15-16,23-26H2,1H3,(H,40,43)(H,41,44). The molecule has 1 aliphatic heterocycles. The molecule has 1 aliphatic rings. The second kappa shape index (κ2) is 18.5. The van der Waals surface area contributed by atoms with Crippen molar-refractivity contribution < 1.29 is 34.1 Å².